The highest BCUT2D eigenvalue weighted by atomic mass is 16.5. The summed E-state index contributed by atoms with van der Waals surface area (Å²) in [6.45, 7) is 0. The summed E-state index contributed by atoms with van der Waals surface area (Å²) < 4.78 is 4.40. The summed E-state index contributed by atoms with van der Waals surface area (Å²) in [7, 11) is 0. The molecule has 0 unspecified atom stereocenters. The summed E-state index contributed by atoms with van der Waals surface area (Å²) in [5.41, 5.74) is 1.69. The lowest BCUT2D eigenvalue weighted by Crippen LogP contribution is -1.95. The fourth-order valence-electron chi connectivity index (χ4n) is 1.44. The fraction of sp³-hybridized carbons (Fsp3) is 0. The lowest BCUT2D eigenvalue weighted by molar-refractivity contribution is 0.387. The zero-order valence-corrected chi connectivity index (χ0v) is 8.54. The maximum absolute atomic E-state index is 10.8. The molecule has 3 aromatic rings. The first-order chi connectivity index (χ1) is 8.33. The van der Waals surface area contributed by atoms with E-state index in [-0.39, 0.29) is 5.82 Å². The van der Waals surface area contributed by atoms with Crippen molar-refractivity contribution in [2.45, 2.75) is 0 Å². The molecule has 0 atom stereocenters. The number of aromatic nitrogens is 5. The summed E-state index contributed by atoms with van der Waals surface area (Å²) in [5.74, 6) is 0.0965. The van der Waals surface area contributed by atoms with Gasteiger partial charge in [0.2, 0.25) is 5.82 Å². The number of nitrogens with one attached hydrogen (secondary N) is 2. The molecule has 0 saturated carbocycles. The number of H-pyrrole nitrogens is 2. The number of hydrogen-bond acceptors (Lipinski definition) is 5. The third kappa shape index (κ3) is 1.73. The molecule has 0 aliphatic heterocycles. The maximum atomic E-state index is 10.8. The monoisotopic (exact) mass is 229 g/mol. The third-order valence-electron chi connectivity index (χ3n) is 2.21. The maximum Gasteiger partial charge on any atom is 0.439 e. The van der Waals surface area contributed by atoms with Gasteiger partial charge in [0.1, 0.15) is 0 Å². The van der Waals surface area contributed by atoms with E-state index in [0.717, 1.165) is 11.3 Å². The molecule has 0 radical (unpaired) electrons. The van der Waals surface area contributed by atoms with Crippen LogP contribution in [0.5, 0.6) is 0 Å². The molecule has 0 aliphatic carbocycles. The Morgan fingerprint density at radius 3 is 2.82 bits per heavy atom. The third-order valence-corrected chi connectivity index (χ3v) is 2.21. The van der Waals surface area contributed by atoms with Crippen LogP contribution in [0.1, 0.15) is 0 Å². The molecule has 0 fully saturated rings. The minimum atomic E-state index is -0.612. The number of imidazole rings is 1. The van der Waals surface area contributed by atoms with Crippen molar-refractivity contribution in [1.29, 1.82) is 0 Å². The van der Waals surface area contributed by atoms with Crippen LogP contribution in [-0.2, 0) is 0 Å². The summed E-state index contributed by atoms with van der Waals surface area (Å²) in [6, 6.07) is 3.73. The molecule has 17 heavy (non-hydrogen) atoms. The van der Waals surface area contributed by atoms with E-state index in [0.29, 0.717) is 5.82 Å². The van der Waals surface area contributed by atoms with E-state index < -0.39 is 5.76 Å². The molecule has 0 bridgehead atoms. The van der Waals surface area contributed by atoms with Crippen molar-refractivity contribution in [3.63, 3.8) is 0 Å². The Morgan fingerprint density at radius 1 is 1.18 bits per heavy atom. The van der Waals surface area contributed by atoms with Crippen LogP contribution in [-0.4, -0.2) is 25.1 Å². The fourth-order valence-corrected chi connectivity index (χ4v) is 1.44. The molecule has 0 amide bonds. The average molecular weight is 229 g/mol. The van der Waals surface area contributed by atoms with Gasteiger partial charge in [0.25, 0.3) is 0 Å². The van der Waals surface area contributed by atoms with Gasteiger partial charge in [-0.15, -0.1) is 0 Å². The molecule has 0 aliphatic rings. The average Bonchev–Trinajstić information content (AvgIpc) is 2.98. The first kappa shape index (κ1) is 9.52. The second-order valence-electron chi connectivity index (χ2n) is 3.33. The van der Waals surface area contributed by atoms with Gasteiger partial charge in [-0.25, -0.2) is 9.78 Å². The lowest BCUT2D eigenvalue weighted by Gasteiger charge is -1.93. The number of hydrogen-bond donors (Lipinski definition) is 2. The van der Waals surface area contributed by atoms with Crippen LogP contribution in [0.15, 0.2) is 40.0 Å². The van der Waals surface area contributed by atoms with Crippen LogP contribution in [0, 0.1) is 0 Å². The summed E-state index contributed by atoms with van der Waals surface area (Å²) in [5, 5.41) is 3.54. The van der Waals surface area contributed by atoms with Crippen molar-refractivity contribution in [2.24, 2.45) is 0 Å². The Morgan fingerprint density at radius 2 is 2.12 bits per heavy atom. The molecular formula is C10H7N5O2. The second-order valence-corrected chi connectivity index (χ2v) is 3.33. The highest BCUT2D eigenvalue weighted by Gasteiger charge is 2.09. The van der Waals surface area contributed by atoms with E-state index in [9.17, 15) is 4.79 Å². The molecule has 3 rings (SSSR count). The van der Waals surface area contributed by atoms with E-state index in [1.54, 1.807) is 18.6 Å². The van der Waals surface area contributed by atoms with Crippen LogP contribution in [0.3, 0.4) is 0 Å². The minimum absolute atomic E-state index is 0.269. The largest absolute Gasteiger partial charge is 0.439 e. The van der Waals surface area contributed by atoms with Crippen molar-refractivity contribution in [1.82, 2.24) is 25.1 Å². The Hall–Kier alpha value is -2.70. The topological polar surface area (TPSA) is 100 Å². The molecule has 3 aromatic heterocycles. The molecular weight excluding hydrogens is 222 g/mol. The highest BCUT2D eigenvalue weighted by molar-refractivity contribution is 5.60. The summed E-state index contributed by atoms with van der Waals surface area (Å²) in [4.78, 5) is 24.3. The zero-order valence-electron chi connectivity index (χ0n) is 8.54. The Kier molecular flexibility index (Phi) is 2.08. The van der Waals surface area contributed by atoms with Crippen molar-refractivity contribution < 1.29 is 4.52 Å². The smallest absolute Gasteiger partial charge is 0.335 e. The van der Waals surface area contributed by atoms with Gasteiger partial charge in [-0.1, -0.05) is 5.16 Å². The quantitative estimate of drug-likeness (QED) is 0.677. The number of rotatable bonds is 2. The van der Waals surface area contributed by atoms with E-state index in [1.165, 1.54) is 0 Å². The first-order valence-corrected chi connectivity index (χ1v) is 4.85. The van der Waals surface area contributed by atoms with Crippen LogP contribution in [0.2, 0.25) is 0 Å². The van der Waals surface area contributed by atoms with Crippen LogP contribution in [0.4, 0.5) is 0 Å². The first-order valence-electron chi connectivity index (χ1n) is 4.85. The predicted octanol–water partition coefficient (Wildman–Crippen LogP) is 0.815. The predicted molar refractivity (Wildman–Crippen MR) is 57.9 cm³/mol. The molecule has 2 N–H and O–H groups in total. The number of aromatic amines is 2. The molecule has 0 spiro atoms. The van der Waals surface area contributed by atoms with Gasteiger partial charge in [0, 0.05) is 18.0 Å². The SMILES string of the molecule is O=c1[nH]c(-c2ncc(-c3cccnc3)[nH]2)no1. The van der Waals surface area contributed by atoms with Gasteiger partial charge in [-0.2, -0.15) is 0 Å². The van der Waals surface area contributed by atoms with Gasteiger partial charge < -0.3 is 4.98 Å². The van der Waals surface area contributed by atoms with Crippen molar-refractivity contribution in [2.75, 3.05) is 0 Å². The van der Waals surface area contributed by atoms with Gasteiger partial charge in [0.05, 0.1) is 11.9 Å². The van der Waals surface area contributed by atoms with E-state index in [1.807, 2.05) is 12.1 Å². The van der Waals surface area contributed by atoms with E-state index in [4.69, 9.17) is 0 Å². The number of nitrogens with zero attached hydrogens (tertiary/aromatic N) is 3. The Balaban J connectivity index is 2.01. The van der Waals surface area contributed by atoms with Gasteiger partial charge in [-0.3, -0.25) is 14.5 Å². The van der Waals surface area contributed by atoms with Crippen LogP contribution < -0.4 is 5.76 Å². The van der Waals surface area contributed by atoms with Gasteiger partial charge >= 0.3 is 5.76 Å². The number of pyridine rings is 1. The van der Waals surface area contributed by atoms with Crippen molar-refractivity contribution in [3.05, 3.63) is 41.3 Å². The van der Waals surface area contributed by atoms with Crippen molar-refractivity contribution >= 4 is 0 Å². The lowest BCUT2D eigenvalue weighted by atomic mass is 10.2. The van der Waals surface area contributed by atoms with Crippen LogP contribution >= 0.6 is 0 Å². The Labute approximate surface area is 94.5 Å². The molecule has 0 aromatic carbocycles. The molecule has 7 nitrogen and oxygen atoms in total. The zero-order chi connectivity index (χ0) is 11.7. The van der Waals surface area contributed by atoms with E-state index in [2.05, 4.69) is 29.6 Å². The Bertz CT molecular complexity index is 682. The van der Waals surface area contributed by atoms with Gasteiger partial charge in [0.15, 0.2) is 5.82 Å². The molecule has 0 saturated heterocycles. The summed E-state index contributed by atoms with van der Waals surface area (Å²) in [6.07, 6.45) is 5.04. The standard InChI is InChI=1S/C10H7N5O2/c16-10-14-9(15-17-10)8-12-5-7(13-8)6-2-1-3-11-4-6/h1-5H,(H,12,13)(H,14,15,16). The normalized spacial score (nSPS) is 10.6. The van der Waals surface area contributed by atoms with Gasteiger partial charge in [-0.05, 0) is 12.1 Å². The molecule has 3 heterocycles. The highest BCUT2D eigenvalue weighted by Crippen LogP contribution is 2.18. The minimum Gasteiger partial charge on any atom is -0.335 e. The second kappa shape index (κ2) is 3.71. The van der Waals surface area contributed by atoms with Crippen LogP contribution in [0.25, 0.3) is 22.9 Å². The molecule has 7 heteroatoms. The molecule has 84 valence electrons. The van der Waals surface area contributed by atoms with E-state index >= 15 is 0 Å². The summed E-state index contributed by atoms with van der Waals surface area (Å²) >= 11 is 0. The van der Waals surface area contributed by atoms with Crippen molar-refractivity contribution in [3.8, 4) is 22.9 Å².